The van der Waals surface area contributed by atoms with Crippen molar-refractivity contribution in [2.45, 2.75) is 110 Å². The molecule has 0 atom stereocenters. The van der Waals surface area contributed by atoms with E-state index in [4.69, 9.17) is 15.9 Å². The molecule has 2 aromatic carbocycles. The van der Waals surface area contributed by atoms with Crippen molar-refractivity contribution in [1.29, 1.82) is 0 Å². The van der Waals surface area contributed by atoms with Gasteiger partial charge in [0.25, 0.3) is 0 Å². The molecule has 2 aromatic rings. The fourth-order valence-corrected chi connectivity index (χ4v) is 3.85. The number of aromatic carboxylic acids is 2. The minimum Gasteiger partial charge on any atom is -0.478 e. The van der Waals surface area contributed by atoms with Crippen LogP contribution in [-0.2, 0) is 0 Å². The first-order valence-electron chi connectivity index (χ1n) is 15.6. The SMILES string of the molecule is CCCCCCCCCCCCCCCCCCN.CN(C)C.O=C(O)c1ccccc1.O=C(O)c1ccccc1. The molecule has 0 bridgehead atoms. The lowest BCUT2D eigenvalue weighted by atomic mass is 10.0. The van der Waals surface area contributed by atoms with E-state index < -0.39 is 11.9 Å². The van der Waals surface area contributed by atoms with Crippen LogP contribution in [0.25, 0.3) is 0 Å². The number of hydrogen-bond acceptors (Lipinski definition) is 4. The van der Waals surface area contributed by atoms with E-state index in [0.717, 1.165) is 6.54 Å². The fourth-order valence-electron chi connectivity index (χ4n) is 3.85. The van der Waals surface area contributed by atoms with Crippen molar-refractivity contribution in [2.75, 3.05) is 27.7 Å². The highest BCUT2D eigenvalue weighted by molar-refractivity contribution is 5.87. The molecule has 0 radical (unpaired) electrons. The van der Waals surface area contributed by atoms with Crippen LogP contribution < -0.4 is 5.73 Å². The number of carbonyl (C=O) groups is 2. The molecule has 2 rings (SSSR count). The second-order valence-corrected chi connectivity index (χ2v) is 10.8. The Morgan fingerprint density at radius 3 is 0.976 bits per heavy atom. The van der Waals surface area contributed by atoms with E-state index in [1.165, 1.54) is 103 Å². The number of rotatable bonds is 18. The van der Waals surface area contributed by atoms with Crippen LogP contribution in [0.5, 0.6) is 0 Å². The molecule has 0 saturated heterocycles. The Morgan fingerprint density at radius 1 is 0.537 bits per heavy atom. The maximum Gasteiger partial charge on any atom is 0.335 e. The van der Waals surface area contributed by atoms with Gasteiger partial charge in [-0.15, -0.1) is 0 Å². The topological polar surface area (TPSA) is 104 Å². The molecular formula is C35H60N2O4. The van der Waals surface area contributed by atoms with Crippen molar-refractivity contribution >= 4 is 11.9 Å². The maximum atomic E-state index is 10.2. The quantitative estimate of drug-likeness (QED) is 0.154. The van der Waals surface area contributed by atoms with Crippen molar-refractivity contribution in [3.05, 3.63) is 71.8 Å². The number of benzene rings is 2. The summed E-state index contributed by atoms with van der Waals surface area (Å²) in [5.41, 5.74) is 6.14. The monoisotopic (exact) mass is 572 g/mol. The zero-order valence-electron chi connectivity index (χ0n) is 26.5. The number of hydrogen-bond donors (Lipinski definition) is 3. The largest absolute Gasteiger partial charge is 0.478 e. The predicted octanol–water partition coefficient (Wildman–Crippen LogP) is 9.15. The van der Waals surface area contributed by atoms with Crippen molar-refractivity contribution in [3.63, 3.8) is 0 Å². The highest BCUT2D eigenvalue weighted by Gasteiger charge is 1.97. The van der Waals surface area contributed by atoms with Gasteiger partial charge in [-0.25, -0.2) is 9.59 Å². The lowest BCUT2D eigenvalue weighted by molar-refractivity contribution is 0.0686. The van der Waals surface area contributed by atoms with Gasteiger partial charge in [0.2, 0.25) is 0 Å². The minimum absolute atomic E-state index is 0.331. The van der Waals surface area contributed by atoms with Gasteiger partial charge in [-0.3, -0.25) is 0 Å². The van der Waals surface area contributed by atoms with Gasteiger partial charge < -0.3 is 20.8 Å². The Kier molecular flexibility index (Phi) is 31.4. The smallest absolute Gasteiger partial charge is 0.335 e. The van der Waals surface area contributed by atoms with Crippen molar-refractivity contribution in [2.24, 2.45) is 5.73 Å². The summed E-state index contributed by atoms with van der Waals surface area (Å²) in [5, 5.41) is 16.8. The average molecular weight is 573 g/mol. The normalized spacial score (nSPS) is 9.90. The van der Waals surface area contributed by atoms with E-state index in [1.54, 1.807) is 60.7 Å². The molecule has 0 unspecified atom stereocenters. The summed E-state index contributed by atoms with van der Waals surface area (Å²) in [5.74, 6) is -1.76. The Balaban J connectivity index is 0. The van der Waals surface area contributed by atoms with E-state index in [-0.39, 0.29) is 0 Å². The number of unbranched alkanes of at least 4 members (excludes halogenated alkanes) is 15. The van der Waals surface area contributed by atoms with Crippen LogP contribution >= 0.6 is 0 Å². The first kappa shape index (κ1) is 40.4. The number of carboxylic acids is 2. The molecule has 6 nitrogen and oxygen atoms in total. The molecule has 41 heavy (non-hydrogen) atoms. The number of carboxylic acid groups (broad SMARTS) is 2. The summed E-state index contributed by atoms with van der Waals surface area (Å²) in [6.07, 6.45) is 22.9. The fraction of sp³-hybridized carbons (Fsp3) is 0.600. The third-order valence-corrected chi connectivity index (χ3v) is 6.10. The van der Waals surface area contributed by atoms with Gasteiger partial charge >= 0.3 is 11.9 Å². The predicted molar refractivity (Wildman–Crippen MR) is 175 cm³/mol. The molecule has 0 saturated carbocycles. The average Bonchev–Trinajstić information content (AvgIpc) is 2.96. The molecule has 234 valence electrons. The van der Waals surface area contributed by atoms with Crippen LogP contribution in [0.15, 0.2) is 60.7 Å². The first-order valence-corrected chi connectivity index (χ1v) is 15.6. The molecule has 0 fully saturated rings. The third-order valence-electron chi connectivity index (χ3n) is 6.10. The summed E-state index contributed by atoms with van der Waals surface area (Å²) in [6.45, 7) is 3.16. The summed E-state index contributed by atoms with van der Waals surface area (Å²) < 4.78 is 0. The molecule has 0 aliphatic rings. The molecule has 0 heterocycles. The van der Waals surface area contributed by atoms with Crippen LogP contribution in [-0.4, -0.2) is 54.7 Å². The third kappa shape index (κ3) is 33.4. The van der Waals surface area contributed by atoms with Gasteiger partial charge in [-0.2, -0.15) is 0 Å². The van der Waals surface area contributed by atoms with Crippen LogP contribution in [0.4, 0.5) is 0 Å². The highest BCUT2D eigenvalue weighted by atomic mass is 16.4. The van der Waals surface area contributed by atoms with Crippen molar-refractivity contribution in [1.82, 2.24) is 4.90 Å². The lowest BCUT2D eigenvalue weighted by Crippen LogP contribution is -1.99. The van der Waals surface area contributed by atoms with Gasteiger partial charge in [-0.05, 0) is 58.4 Å². The summed E-state index contributed by atoms with van der Waals surface area (Å²) in [7, 11) is 6.00. The van der Waals surface area contributed by atoms with Gasteiger partial charge in [0, 0.05) is 0 Å². The molecule has 6 heteroatoms. The first-order chi connectivity index (χ1) is 19.8. The molecule has 0 spiro atoms. The Bertz CT molecular complexity index is 745. The Morgan fingerprint density at radius 2 is 0.780 bits per heavy atom. The van der Waals surface area contributed by atoms with Crippen LogP contribution in [0, 0.1) is 0 Å². The summed E-state index contributed by atoms with van der Waals surface area (Å²) in [6, 6.07) is 16.6. The van der Waals surface area contributed by atoms with E-state index in [2.05, 4.69) is 6.92 Å². The molecule has 0 aliphatic carbocycles. The zero-order valence-corrected chi connectivity index (χ0v) is 26.5. The Labute approximate surface area is 251 Å². The van der Waals surface area contributed by atoms with Gasteiger partial charge in [0.15, 0.2) is 0 Å². The van der Waals surface area contributed by atoms with Crippen molar-refractivity contribution in [3.8, 4) is 0 Å². The van der Waals surface area contributed by atoms with E-state index in [9.17, 15) is 9.59 Å². The standard InChI is InChI=1S/C18H39N.2C7H6O2.C3H9N/c1-2-3-4-5-6-7-8-9-10-11-12-13-14-15-16-17-18-19;2*8-7(9)6-4-2-1-3-5-6;1-4(2)3/h2-19H2,1H3;2*1-5H,(H,8,9);1-3H3. The second-order valence-electron chi connectivity index (χ2n) is 10.8. The number of nitrogens with zero attached hydrogens (tertiary/aromatic N) is 1. The molecule has 0 aliphatic heterocycles. The summed E-state index contributed by atoms with van der Waals surface area (Å²) in [4.78, 5) is 22.4. The van der Waals surface area contributed by atoms with E-state index in [1.807, 2.05) is 26.0 Å². The molecule has 4 N–H and O–H groups in total. The molecule has 0 amide bonds. The van der Waals surface area contributed by atoms with Crippen LogP contribution in [0.3, 0.4) is 0 Å². The van der Waals surface area contributed by atoms with Crippen molar-refractivity contribution < 1.29 is 19.8 Å². The lowest BCUT2D eigenvalue weighted by Gasteiger charge is -2.03. The van der Waals surface area contributed by atoms with Gasteiger partial charge in [0.05, 0.1) is 11.1 Å². The number of nitrogens with two attached hydrogens (primary N) is 1. The highest BCUT2D eigenvalue weighted by Crippen LogP contribution is 2.13. The second kappa shape index (κ2) is 31.8. The van der Waals surface area contributed by atoms with Crippen LogP contribution in [0.2, 0.25) is 0 Å². The molecular weight excluding hydrogens is 512 g/mol. The summed E-state index contributed by atoms with van der Waals surface area (Å²) >= 11 is 0. The molecule has 0 aromatic heterocycles. The Hall–Kier alpha value is -2.70. The maximum absolute atomic E-state index is 10.2. The van der Waals surface area contributed by atoms with Crippen LogP contribution in [0.1, 0.15) is 130 Å². The van der Waals surface area contributed by atoms with Gasteiger partial charge in [0.1, 0.15) is 0 Å². The minimum atomic E-state index is -0.879. The van der Waals surface area contributed by atoms with E-state index >= 15 is 0 Å². The van der Waals surface area contributed by atoms with E-state index in [0.29, 0.717) is 11.1 Å². The van der Waals surface area contributed by atoms with Gasteiger partial charge in [-0.1, -0.05) is 140 Å². The zero-order chi connectivity index (χ0) is 31.0.